The summed E-state index contributed by atoms with van der Waals surface area (Å²) in [6.45, 7) is 6.46. The maximum Gasteiger partial charge on any atom is 0.238 e. The number of nitrogens with zero attached hydrogens (tertiary/aromatic N) is 1. The minimum Gasteiger partial charge on any atom is -0.325 e. The summed E-state index contributed by atoms with van der Waals surface area (Å²) in [5, 5.41) is 2.94. The maximum atomic E-state index is 12.4. The van der Waals surface area contributed by atoms with Crippen LogP contribution in [0.5, 0.6) is 0 Å². The van der Waals surface area contributed by atoms with Crippen molar-refractivity contribution in [2.75, 3.05) is 25.2 Å². The zero-order valence-corrected chi connectivity index (χ0v) is 17.4. The summed E-state index contributed by atoms with van der Waals surface area (Å²) in [5.74, 6) is 0.317. The molecule has 0 aliphatic carbocycles. The molecule has 1 N–H and O–H groups in total. The summed E-state index contributed by atoms with van der Waals surface area (Å²) in [5.41, 5.74) is 2.93. The predicted octanol–water partition coefficient (Wildman–Crippen LogP) is 3.85. The van der Waals surface area contributed by atoms with E-state index < -0.39 is 9.84 Å². The largest absolute Gasteiger partial charge is 0.325 e. The second-order valence-electron chi connectivity index (χ2n) is 7.26. The summed E-state index contributed by atoms with van der Waals surface area (Å²) in [6, 6.07) is 14.6. The second kappa shape index (κ2) is 8.67. The summed E-state index contributed by atoms with van der Waals surface area (Å²) >= 11 is 0. The highest BCUT2D eigenvalue weighted by Crippen LogP contribution is 2.21. The molecular weight excluding hydrogens is 360 g/mol. The minimum absolute atomic E-state index is 0.0219. The van der Waals surface area contributed by atoms with Crippen molar-refractivity contribution in [1.82, 2.24) is 4.90 Å². The third-order valence-corrected chi connectivity index (χ3v) is 5.81. The molecule has 1 amide bonds. The number of hydrogen-bond donors (Lipinski definition) is 1. The Morgan fingerprint density at radius 2 is 1.67 bits per heavy atom. The molecule has 146 valence electrons. The van der Waals surface area contributed by atoms with Gasteiger partial charge in [0.25, 0.3) is 0 Å². The van der Waals surface area contributed by atoms with Crippen LogP contribution in [0.1, 0.15) is 43.9 Å². The van der Waals surface area contributed by atoms with Crippen LogP contribution >= 0.6 is 0 Å². The van der Waals surface area contributed by atoms with E-state index in [9.17, 15) is 13.2 Å². The van der Waals surface area contributed by atoms with Crippen molar-refractivity contribution in [2.24, 2.45) is 0 Å². The van der Waals surface area contributed by atoms with Crippen LogP contribution in [0.3, 0.4) is 0 Å². The fourth-order valence-corrected chi connectivity index (χ4v) is 3.42. The molecule has 0 fully saturated rings. The van der Waals surface area contributed by atoms with Gasteiger partial charge in [-0.25, -0.2) is 8.42 Å². The highest BCUT2D eigenvalue weighted by atomic mass is 32.2. The van der Waals surface area contributed by atoms with Crippen molar-refractivity contribution in [2.45, 2.75) is 37.6 Å². The number of sulfone groups is 1. The normalized spacial score (nSPS) is 13.0. The maximum absolute atomic E-state index is 12.4. The summed E-state index contributed by atoms with van der Waals surface area (Å²) in [4.78, 5) is 14.6. The standard InChI is InChI=1S/C21H28N2O3S/c1-15(2)18-7-6-8-19(13-18)22-21(24)14-23(4)16(3)17-9-11-20(12-10-17)27(5,25)26/h6-13,15-16H,14H2,1-5H3,(H,22,24). The topological polar surface area (TPSA) is 66.5 Å². The van der Waals surface area contributed by atoms with E-state index in [1.165, 1.54) is 11.8 Å². The molecule has 0 spiro atoms. The van der Waals surface area contributed by atoms with Crippen LogP contribution in [-0.4, -0.2) is 39.1 Å². The Kier molecular flexibility index (Phi) is 6.78. The first-order valence-corrected chi connectivity index (χ1v) is 10.9. The van der Waals surface area contributed by atoms with Crippen molar-refractivity contribution in [1.29, 1.82) is 0 Å². The lowest BCUT2D eigenvalue weighted by molar-refractivity contribution is -0.117. The lowest BCUT2D eigenvalue weighted by atomic mass is 10.0. The molecule has 0 saturated heterocycles. The molecular formula is C21H28N2O3S. The molecule has 2 aromatic carbocycles. The molecule has 0 aromatic heterocycles. The number of benzene rings is 2. The van der Waals surface area contributed by atoms with Gasteiger partial charge < -0.3 is 5.32 Å². The predicted molar refractivity (Wildman–Crippen MR) is 110 cm³/mol. The Balaban J connectivity index is 2.00. The molecule has 0 bridgehead atoms. The molecule has 1 unspecified atom stereocenters. The highest BCUT2D eigenvalue weighted by Gasteiger charge is 2.16. The smallest absolute Gasteiger partial charge is 0.238 e. The molecule has 2 aromatic rings. The lowest BCUT2D eigenvalue weighted by Gasteiger charge is -2.24. The van der Waals surface area contributed by atoms with E-state index in [4.69, 9.17) is 0 Å². The third-order valence-electron chi connectivity index (χ3n) is 4.68. The van der Waals surface area contributed by atoms with Crippen LogP contribution in [0.25, 0.3) is 0 Å². The first kappa shape index (κ1) is 21.1. The van der Waals surface area contributed by atoms with E-state index in [1.54, 1.807) is 24.3 Å². The average molecular weight is 389 g/mol. The molecule has 27 heavy (non-hydrogen) atoms. The first-order valence-electron chi connectivity index (χ1n) is 8.98. The molecule has 2 rings (SSSR count). The zero-order valence-electron chi connectivity index (χ0n) is 16.6. The van der Waals surface area contributed by atoms with Crippen molar-refractivity contribution >= 4 is 21.4 Å². The average Bonchev–Trinajstić information content (AvgIpc) is 2.60. The SMILES string of the molecule is CC(C)c1cccc(NC(=O)CN(C)C(C)c2ccc(S(C)(=O)=O)cc2)c1. The highest BCUT2D eigenvalue weighted by molar-refractivity contribution is 7.90. The van der Waals surface area contributed by atoms with Crippen LogP contribution in [0, 0.1) is 0 Å². The minimum atomic E-state index is -3.21. The molecule has 0 saturated carbocycles. The Hall–Kier alpha value is -2.18. The summed E-state index contributed by atoms with van der Waals surface area (Å²) in [6.07, 6.45) is 1.19. The van der Waals surface area contributed by atoms with Crippen LogP contribution in [0.2, 0.25) is 0 Å². The first-order chi connectivity index (χ1) is 12.6. The third kappa shape index (κ3) is 5.91. The molecule has 6 heteroatoms. The van der Waals surface area contributed by atoms with Gasteiger partial charge in [-0.3, -0.25) is 9.69 Å². The number of hydrogen-bond acceptors (Lipinski definition) is 4. The van der Waals surface area contributed by atoms with E-state index in [-0.39, 0.29) is 18.5 Å². The fraction of sp³-hybridized carbons (Fsp3) is 0.381. The number of likely N-dealkylation sites (N-methyl/N-ethyl adjacent to an activating group) is 1. The summed E-state index contributed by atoms with van der Waals surface area (Å²) in [7, 11) is -1.33. The summed E-state index contributed by atoms with van der Waals surface area (Å²) < 4.78 is 23.1. The quantitative estimate of drug-likeness (QED) is 0.782. The van der Waals surface area contributed by atoms with Gasteiger partial charge in [-0.15, -0.1) is 0 Å². The number of amides is 1. The number of carbonyl (C=O) groups excluding carboxylic acids is 1. The Morgan fingerprint density at radius 1 is 1.04 bits per heavy atom. The number of nitrogens with one attached hydrogen (secondary N) is 1. The Morgan fingerprint density at radius 3 is 2.22 bits per heavy atom. The number of anilines is 1. The van der Waals surface area contributed by atoms with Crippen molar-refractivity contribution in [3.8, 4) is 0 Å². The van der Waals surface area contributed by atoms with Gasteiger partial charge in [0.15, 0.2) is 9.84 Å². The van der Waals surface area contributed by atoms with Crippen LogP contribution < -0.4 is 5.32 Å². The monoisotopic (exact) mass is 388 g/mol. The molecule has 5 nitrogen and oxygen atoms in total. The van der Waals surface area contributed by atoms with Crippen LogP contribution in [-0.2, 0) is 14.6 Å². The van der Waals surface area contributed by atoms with E-state index >= 15 is 0 Å². The van der Waals surface area contributed by atoms with Gasteiger partial charge in [0.05, 0.1) is 11.4 Å². The van der Waals surface area contributed by atoms with Crippen LogP contribution in [0.15, 0.2) is 53.4 Å². The van der Waals surface area contributed by atoms with Crippen molar-refractivity contribution in [3.63, 3.8) is 0 Å². The molecule has 0 heterocycles. The van der Waals surface area contributed by atoms with Crippen molar-refractivity contribution < 1.29 is 13.2 Å². The van der Waals surface area contributed by atoms with Gasteiger partial charge in [-0.1, -0.05) is 38.1 Å². The Bertz CT molecular complexity index is 890. The Labute approximate surface area is 162 Å². The fourth-order valence-electron chi connectivity index (χ4n) is 2.79. The number of rotatable bonds is 7. The second-order valence-corrected chi connectivity index (χ2v) is 9.28. The number of carbonyl (C=O) groups is 1. The van der Waals surface area contributed by atoms with Gasteiger partial charge in [0.1, 0.15) is 0 Å². The molecule has 0 radical (unpaired) electrons. The molecule has 0 aliphatic heterocycles. The van der Waals surface area contributed by atoms with E-state index in [1.807, 2.05) is 37.1 Å². The van der Waals surface area contributed by atoms with E-state index in [0.717, 1.165) is 11.3 Å². The van der Waals surface area contributed by atoms with E-state index in [2.05, 4.69) is 25.2 Å². The van der Waals surface area contributed by atoms with E-state index in [0.29, 0.717) is 10.8 Å². The van der Waals surface area contributed by atoms with Crippen LogP contribution in [0.4, 0.5) is 5.69 Å². The van der Waals surface area contributed by atoms with Gasteiger partial charge in [0.2, 0.25) is 5.91 Å². The molecule has 0 aliphatic rings. The van der Waals surface area contributed by atoms with Crippen molar-refractivity contribution in [3.05, 3.63) is 59.7 Å². The zero-order chi connectivity index (χ0) is 20.2. The lowest BCUT2D eigenvalue weighted by Crippen LogP contribution is -2.32. The van der Waals surface area contributed by atoms with Gasteiger partial charge in [-0.05, 0) is 55.3 Å². The van der Waals surface area contributed by atoms with Gasteiger partial charge in [-0.2, -0.15) is 0 Å². The molecule has 1 atom stereocenters. The van der Waals surface area contributed by atoms with Gasteiger partial charge in [0, 0.05) is 18.0 Å². The van der Waals surface area contributed by atoms with Gasteiger partial charge >= 0.3 is 0 Å².